The number of nitrogens with zero attached hydrogens (tertiary/aromatic N) is 9. The standard InChI is InChI=1S/C64H71N13O8/c1-6-76-51(15-18-67-76)39-12-10-38(11-13-39)50(31-78)69-61(80)52-24-42(79)29-75(52)63(82)58(33(2)3)77-30-47-53-35(5)21-36(22-49(53)68-62(81)57(47)73-77)32-84-59-55(54-34(4)7-14-48-46(54)27-66-72-48)44(37-8-9-37)25-45-56(59)70-64(85-43-16-19-83-20-17-43)71-60(45)74-28-40-23-41(74)26-65-40/h7,10-15,18,21-22,25,27,30,33,37,40-43,50,52,58,65,78-79H,6,8-9,16-17,19-20,23-24,26,28-29,31-32H2,1-5H3,(H,66,72)(H,68,81)(H,69,80)/t40-,41-,42+,50-,52-,58-/m0/s1. The van der Waals surface area contributed by atoms with Gasteiger partial charge in [0.25, 0.3) is 5.56 Å². The SMILES string of the molecule is CCn1nccc1-c1ccc([C@H](CO)NC(=O)[C@@H]2C[C@@H](O)CN2C(=O)[C@H](C(C)C)n2cc3c(n2)c(=O)[nH]c2cc(COc4c(-c5c(C)ccc6[nH]ncc56)c(C5CC5)cc5c(N6C[C@@H]7C[C@H]6CN7)nc(OC6CCOCC6)nc45)cc(C)c23)cc1. The molecule has 85 heavy (non-hydrogen) atoms. The molecule has 1 saturated carbocycles. The second-order valence-electron chi connectivity index (χ2n) is 24.3. The molecule has 9 aromatic rings. The highest BCUT2D eigenvalue weighted by Crippen LogP contribution is 2.53. The Hall–Kier alpha value is -8.24. The second kappa shape index (κ2) is 22.0. The molecule has 4 aliphatic heterocycles. The smallest absolute Gasteiger partial charge is 0.319 e. The second-order valence-corrected chi connectivity index (χ2v) is 24.3. The third-order valence-corrected chi connectivity index (χ3v) is 18.2. The van der Waals surface area contributed by atoms with Crippen LogP contribution in [0.25, 0.3) is 66.0 Å². The van der Waals surface area contributed by atoms with Crippen molar-refractivity contribution in [3.63, 3.8) is 0 Å². The molecule has 6 N–H and O–H groups in total. The summed E-state index contributed by atoms with van der Waals surface area (Å²) in [7, 11) is 0. The number of carbonyl (C=O) groups is 2. The third kappa shape index (κ3) is 9.93. The Balaban J connectivity index is 0.798. The van der Waals surface area contributed by atoms with Gasteiger partial charge in [-0.3, -0.25) is 28.8 Å². The summed E-state index contributed by atoms with van der Waals surface area (Å²) in [5.74, 6) is 0.527. The topological polar surface area (TPSA) is 256 Å². The Kier molecular flexibility index (Phi) is 14.1. The van der Waals surface area contributed by atoms with Crippen molar-refractivity contribution < 1.29 is 34.0 Å². The van der Waals surface area contributed by atoms with E-state index < -0.39 is 41.6 Å². The summed E-state index contributed by atoms with van der Waals surface area (Å²) in [5.41, 5.74) is 10.4. The van der Waals surface area contributed by atoms with Crippen molar-refractivity contribution in [3.05, 3.63) is 117 Å². The first-order valence-electron chi connectivity index (χ1n) is 30.1. The Bertz CT molecular complexity index is 4120. The van der Waals surface area contributed by atoms with E-state index in [1.807, 2.05) is 75.0 Å². The maximum atomic E-state index is 14.9. The summed E-state index contributed by atoms with van der Waals surface area (Å²) in [6.07, 6.45) is 8.94. The average molecular weight is 1150 g/mol. The number of carbonyl (C=O) groups excluding carboxylic acids is 2. The molecule has 5 fully saturated rings. The lowest BCUT2D eigenvalue weighted by atomic mass is 9.89. The van der Waals surface area contributed by atoms with Crippen molar-refractivity contribution in [1.82, 2.24) is 60.2 Å². The summed E-state index contributed by atoms with van der Waals surface area (Å²) >= 11 is 0. The molecule has 21 nitrogen and oxygen atoms in total. The number of piperazine rings is 1. The van der Waals surface area contributed by atoms with Crippen LogP contribution in [-0.2, 0) is 27.5 Å². The molecule has 0 unspecified atom stereocenters. The normalized spacial score (nSPS) is 20.7. The van der Waals surface area contributed by atoms with E-state index in [1.165, 1.54) is 15.1 Å². The van der Waals surface area contributed by atoms with Crippen molar-refractivity contribution in [2.75, 3.05) is 44.4 Å². The van der Waals surface area contributed by atoms with Gasteiger partial charge in [0.05, 0.1) is 49.4 Å². The number of rotatable bonds is 17. The lowest BCUT2D eigenvalue weighted by molar-refractivity contribution is -0.142. The number of anilines is 1. The molecule has 1 aliphatic carbocycles. The number of H-pyrrole nitrogens is 2. The fourth-order valence-corrected chi connectivity index (χ4v) is 13.8. The number of aliphatic hydroxyl groups excluding tert-OH is 2. The number of aromatic amines is 2. The lowest BCUT2D eigenvalue weighted by Crippen LogP contribution is -2.50. The molecule has 14 rings (SSSR count). The maximum Gasteiger partial charge on any atom is 0.319 e. The Morgan fingerprint density at radius 2 is 1.73 bits per heavy atom. The first-order valence-corrected chi connectivity index (χ1v) is 30.1. The molecule has 6 atom stereocenters. The van der Waals surface area contributed by atoms with E-state index in [1.54, 1.807) is 12.4 Å². The van der Waals surface area contributed by atoms with Crippen LogP contribution in [0.1, 0.15) is 105 Å². The highest BCUT2D eigenvalue weighted by atomic mass is 16.5. The van der Waals surface area contributed by atoms with Gasteiger partial charge in [0.1, 0.15) is 36.1 Å². The molecule has 9 heterocycles. The van der Waals surface area contributed by atoms with Crippen molar-refractivity contribution >= 4 is 61.2 Å². The number of aromatic nitrogens is 9. The zero-order chi connectivity index (χ0) is 58.4. The van der Waals surface area contributed by atoms with Crippen LogP contribution in [0.4, 0.5) is 5.82 Å². The highest BCUT2D eigenvalue weighted by molar-refractivity contribution is 6.07. The number of hydrogen-bond donors (Lipinski definition) is 6. The zero-order valence-electron chi connectivity index (χ0n) is 48.5. The number of aryl methyl sites for hydroxylation is 3. The number of nitrogens with one attached hydrogen (secondary N) is 4. The largest absolute Gasteiger partial charge is 0.486 e. The Morgan fingerprint density at radius 1 is 0.906 bits per heavy atom. The number of benzene rings is 4. The molecule has 21 heteroatoms. The van der Waals surface area contributed by atoms with Crippen LogP contribution in [0.5, 0.6) is 11.8 Å². The molecule has 0 spiro atoms. The van der Waals surface area contributed by atoms with Crippen molar-refractivity contribution in [1.29, 1.82) is 0 Å². The monoisotopic (exact) mass is 1150 g/mol. The van der Waals surface area contributed by atoms with E-state index in [-0.39, 0.29) is 49.8 Å². The molecule has 0 radical (unpaired) electrons. The van der Waals surface area contributed by atoms with Gasteiger partial charge >= 0.3 is 6.01 Å². The third-order valence-electron chi connectivity index (χ3n) is 18.2. The molecule has 4 saturated heterocycles. The molecule has 440 valence electrons. The highest BCUT2D eigenvalue weighted by Gasteiger charge is 2.44. The van der Waals surface area contributed by atoms with Gasteiger partial charge in [-0.05, 0) is 115 Å². The maximum absolute atomic E-state index is 14.9. The van der Waals surface area contributed by atoms with Crippen LogP contribution >= 0.6 is 0 Å². The van der Waals surface area contributed by atoms with Crippen LogP contribution in [0.2, 0.25) is 0 Å². The number of aliphatic hydroxyl groups is 2. The number of pyridine rings is 1. The van der Waals surface area contributed by atoms with Crippen molar-refractivity contribution in [2.24, 2.45) is 5.92 Å². The summed E-state index contributed by atoms with van der Waals surface area (Å²) in [6.45, 7) is 13.2. The van der Waals surface area contributed by atoms with E-state index in [0.717, 1.165) is 112 Å². The molecule has 5 aliphatic rings. The first-order chi connectivity index (χ1) is 41.3. The number of amides is 2. The minimum atomic E-state index is -1.03. The van der Waals surface area contributed by atoms with Crippen LogP contribution in [0, 0.1) is 19.8 Å². The van der Waals surface area contributed by atoms with Crippen LogP contribution in [0.15, 0.2) is 84.0 Å². The lowest BCUT2D eigenvalue weighted by Gasteiger charge is -2.31. The number of hydrogen-bond acceptors (Lipinski definition) is 15. The quantitative estimate of drug-likeness (QED) is 0.0518. The molecular weight excluding hydrogens is 1080 g/mol. The zero-order valence-corrected chi connectivity index (χ0v) is 48.5. The number of fused-ring (bicyclic) bond motifs is 7. The fraction of sp³-hybridized carbons (Fsp3) is 0.438. The van der Waals surface area contributed by atoms with Gasteiger partial charge in [-0.1, -0.05) is 50.2 Å². The van der Waals surface area contributed by atoms with Gasteiger partial charge in [0.2, 0.25) is 11.8 Å². The van der Waals surface area contributed by atoms with E-state index in [9.17, 15) is 24.6 Å². The van der Waals surface area contributed by atoms with Crippen molar-refractivity contribution in [2.45, 2.75) is 135 Å². The summed E-state index contributed by atoms with van der Waals surface area (Å²) in [6, 6.07) is 18.2. The number of likely N-dealkylation sites (tertiary alicyclic amines) is 1. The van der Waals surface area contributed by atoms with Crippen LogP contribution in [0.3, 0.4) is 0 Å². The van der Waals surface area contributed by atoms with Gasteiger partial charge < -0.3 is 49.8 Å². The average Bonchev–Trinajstić information content (AvgIpc) is 3.87. The van der Waals surface area contributed by atoms with E-state index in [0.29, 0.717) is 65.5 Å². The molecule has 2 amide bonds. The first kappa shape index (κ1) is 54.7. The Morgan fingerprint density at radius 3 is 2.47 bits per heavy atom. The van der Waals surface area contributed by atoms with Gasteiger partial charge in [-0.25, -0.2) is 0 Å². The molecule has 4 aromatic carbocycles. The number of ether oxygens (including phenoxy) is 3. The molecular formula is C64H71N13O8. The molecule has 2 bridgehead atoms. The summed E-state index contributed by atoms with van der Waals surface area (Å²) < 4.78 is 23.2. The predicted octanol–water partition coefficient (Wildman–Crippen LogP) is 7.44. The molecule has 5 aromatic heterocycles. The van der Waals surface area contributed by atoms with Crippen LogP contribution < -0.4 is 30.6 Å². The summed E-state index contributed by atoms with van der Waals surface area (Å²) in [4.78, 5) is 61.0. The summed E-state index contributed by atoms with van der Waals surface area (Å²) in [5, 5.41) is 48.3. The van der Waals surface area contributed by atoms with Crippen molar-refractivity contribution in [3.8, 4) is 34.1 Å². The van der Waals surface area contributed by atoms with E-state index in [2.05, 4.69) is 67.0 Å². The van der Waals surface area contributed by atoms with Crippen LogP contribution in [-0.4, -0.2) is 141 Å². The van der Waals surface area contributed by atoms with Gasteiger partial charge in [-0.15, -0.1) is 0 Å². The van der Waals surface area contributed by atoms with E-state index >= 15 is 0 Å². The van der Waals surface area contributed by atoms with Gasteiger partial charge in [-0.2, -0.15) is 25.3 Å². The minimum absolute atomic E-state index is 0.0128. The van der Waals surface area contributed by atoms with Gasteiger partial charge in [0.15, 0.2) is 11.3 Å². The van der Waals surface area contributed by atoms with Gasteiger partial charge in [0, 0.05) is 103 Å². The number of β-amino-alcohol motifs (C(OH)–C–C–N with tert-alkyl or cyclic N) is 1. The Labute approximate surface area is 490 Å². The van der Waals surface area contributed by atoms with E-state index in [4.69, 9.17) is 29.3 Å². The predicted molar refractivity (Wildman–Crippen MR) is 322 cm³/mol. The fourth-order valence-electron chi connectivity index (χ4n) is 13.8. The minimum Gasteiger partial charge on any atom is -0.486 e.